The number of amides is 1. The monoisotopic (exact) mass is 343 g/mol. The van der Waals surface area contributed by atoms with Gasteiger partial charge in [0, 0.05) is 19.5 Å². The highest BCUT2D eigenvalue weighted by molar-refractivity contribution is 5.81. The van der Waals surface area contributed by atoms with Crippen LogP contribution in [0, 0.1) is 5.41 Å². The molecule has 0 spiro atoms. The second-order valence-electron chi connectivity index (χ2n) is 6.66. The summed E-state index contributed by atoms with van der Waals surface area (Å²) in [6.45, 7) is 3.78. The second kappa shape index (κ2) is 6.45. The van der Waals surface area contributed by atoms with Crippen molar-refractivity contribution in [1.82, 2.24) is 4.90 Å². The molecule has 1 fully saturated rings. The number of benzene rings is 1. The SMILES string of the molecule is C[C@H](CC(=O)N1CC[C@@](C)(C(=O)O)C1)c1cccc(C(F)(F)F)c1. The van der Waals surface area contributed by atoms with E-state index in [1.165, 1.54) is 11.0 Å². The summed E-state index contributed by atoms with van der Waals surface area (Å²) in [5, 5.41) is 9.19. The van der Waals surface area contributed by atoms with Crippen LogP contribution in [-0.4, -0.2) is 35.0 Å². The van der Waals surface area contributed by atoms with Crippen molar-refractivity contribution in [3.05, 3.63) is 35.4 Å². The summed E-state index contributed by atoms with van der Waals surface area (Å²) in [7, 11) is 0. The molecule has 1 aromatic rings. The van der Waals surface area contributed by atoms with E-state index in [9.17, 15) is 27.9 Å². The number of nitrogens with zero attached hydrogens (tertiary/aromatic N) is 1. The molecule has 0 aliphatic carbocycles. The predicted molar refractivity (Wildman–Crippen MR) is 81.4 cm³/mol. The predicted octanol–water partition coefficient (Wildman–Crippen LogP) is 3.52. The third kappa shape index (κ3) is 3.88. The van der Waals surface area contributed by atoms with Gasteiger partial charge in [-0.1, -0.05) is 25.1 Å². The standard InChI is InChI=1S/C17H20F3NO3/c1-11(12-4-3-5-13(9-12)17(18,19)20)8-14(22)21-7-6-16(2,10-21)15(23)24/h3-5,9,11H,6-8,10H2,1-2H3,(H,23,24)/t11-,16-/m1/s1. The third-order valence-electron chi connectivity index (χ3n) is 4.61. The van der Waals surface area contributed by atoms with Crippen molar-refractivity contribution in [2.24, 2.45) is 5.41 Å². The van der Waals surface area contributed by atoms with Crippen molar-refractivity contribution in [1.29, 1.82) is 0 Å². The van der Waals surface area contributed by atoms with Crippen molar-refractivity contribution in [2.45, 2.75) is 38.8 Å². The molecule has 132 valence electrons. The molecule has 1 heterocycles. The number of halogens is 3. The van der Waals surface area contributed by atoms with E-state index in [4.69, 9.17) is 0 Å². The molecular weight excluding hydrogens is 323 g/mol. The Morgan fingerprint density at radius 3 is 2.58 bits per heavy atom. The summed E-state index contributed by atoms with van der Waals surface area (Å²) in [4.78, 5) is 25.0. The largest absolute Gasteiger partial charge is 0.481 e. The zero-order valence-corrected chi connectivity index (χ0v) is 13.6. The fourth-order valence-electron chi connectivity index (χ4n) is 2.88. The van der Waals surface area contributed by atoms with Gasteiger partial charge in [-0.2, -0.15) is 13.2 Å². The van der Waals surface area contributed by atoms with Crippen LogP contribution in [-0.2, 0) is 15.8 Å². The highest BCUT2D eigenvalue weighted by atomic mass is 19.4. The number of carboxylic acid groups (broad SMARTS) is 1. The number of alkyl halides is 3. The molecule has 24 heavy (non-hydrogen) atoms. The fourth-order valence-corrected chi connectivity index (χ4v) is 2.88. The van der Waals surface area contributed by atoms with Gasteiger partial charge in [-0.05, 0) is 30.9 Å². The van der Waals surface area contributed by atoms with Crippen molar-refractivity contribution < 1.29 is 27.9 Å². The molecule has 0 bridgehead atoms. The first kappa shape index (κ1) is 18.3. The Hall–Kier alpha value is -2.05. The molecule has 0 radical (unpaired) electrons. The van der Waals surface area contributed by atoms with E-state index in [0.29, 0.717) is 18.5 Å². The number of carboxylic acids is 1. The highest BCUT2D eigenvalue weighted by Gasteiger charge is 2.42. The number of hydrogen-bond acceptors (Lipinski definition) is 2. The minimum absolute atomic E-state index is 0.0526. The zero-order valence-electron chi connectivity index (χ0n) is 13.6. The Balaban J connectivity index is 2.04. The van der Waals surface area contributed by atoms with Gasteiger partial charge in [0.1, 0.15) is 0 Å². The van der Waals surface area contributed by atoms with Crippen LogP contribution in [0.1, 0.15) is 43.7 Å². The average molecular weight is 343 g/mol. The fraction of sp³-hybridized carbons (Fsp3) is 0.529. The third-order valence-corrected chi connectivity index (χ3v) is 4.61. The van der Waals surface area contributed by atoms with Crippen LogP contribution >= 0.6 is 0 Å². The van der Waals surface area contributed by atoms with Crippen LogP contribution in [0.5, 0.6) is 0 Å². The van der Waals surface area contributed by atoms with E-state index in [2.05, 4.69) is 0 Å². The van der Waals surface area contributed by atoms with Gasteiger partial charge in [0.05, 0.1) is 11.0 Å². The smallest absolute Gasteiger partial charge is 0.416 e. The number of rotatable bonds is 4. The first-order chi connectivity index (χ1) is 11.0. The van der Waals surface area contributed by atoms with E-state index < -0.39 is 23.1 Å². The van der Waals surface area contributed by atoms with Gasteiger partial charge in [-0.25, -0.2) is 0 Å². The molecule has 0 unspecified atom stereocenters. The summed E-state index contributed by atoms with van der Waals surface area (Å²) in [6, 6.07) is 4.95. The van der Waals surface area contributed by atoms with Crippen LogP contribution in [0.3, 0.4) is 0 Å². The summed E-state index contributed by atoms with van der Waals surface area (Å²) >= 11 is 0. The molecule has 1 amide bonds. The average Bonchev–Trinajstić information content (AvgIpc) is 2.90. The number of carbonyl (C=O) groups excluding carboxylic acids is 1. The van der Waals surface area contributed by atoms with E-state index >= 15 is 0 Å². The quantitative estimate of drug-likeness (QED) is 0.910. The molecular formula is C17H20F3NO3. The molecule has 1 aliphatic rings. The first-order valence-electron chi connectivity index (χ1n) is 7.71. The van der Waals surface area contributed by atoms with Crippen molar-refractivity contribution in [3.8, 4) is 0 Å². The first-order valence-corrected chi connectivity index (χ1v) is 7.71. The molecule has 1 aliphatic heterocycles. The lowest BCUT2D eigenvalue weighted by atomic mass is 9.90. The highest BCUT2D eigenvalue weighted by Crippen LogP contribution is 2.33. The topological polar surface area (TPSA) is 57.6 Å². The summed E-state index contributed by atoms with van der Waals surface area (Å²) < 4.78 is 38.3. The van der Waals surface area contributed by atoms with Crippen molar-refractivity contribution in [2.75, 3.05) is 13.1 Å². The van der Waals surface area contributed by atoms with E-state index in [0.717, 1.165) is 12.1 Å². The molecule has 1 aromatic carbocycles. The molecule has 1 saturated heterocycles. The van der Waals surface area contributed by atoms with Crippen LogP contribution in [0.25, 0.3) is 0 Å². The Kier molecular flexibility index (Phi) is 4.92. The number of carbonyl (C=O) groups is 2. The van der Waals surface area contributed by atoms with Crippen LogP contribution < -0.4 is 0 Å². The molecule has 2 rings (SSSR count). The molecule has 2 atom stereocenters. The Labute approximate surface area is 138 Å². The van der Waals surface area contributed by atoms with Crippen molar-refractivity contribution in [3.63, 3.8) is 0 Å². The summed E-state index contributed by atoms with van der Waals surface area (Å²) in [5.74, 6) is -1.55. The van der Waals surface area contributed by atoms with Gasteiger partial charge in [0.15, 0.2) is 0 Å². The number of aliphatic carboxylic acids is 1. The van der Waals surface area contributed by atoms with Gasteiger partial charge >= 0.3 is 12.1 Å². The zero-order chi connectivity index (χ0) is 18.1. The van der Waals surface area contributed by atoms with Crippen LogP contribution in [0.2, 0.25) is 0 Å². The number of likely N-dealkylation sites (tertiary alicyclic amines) is 1. The lowest BCUT2D eigenvalue weighted by Crippen LogP contribution is -2.35. The van der Waals surface area contributed by atoms with E-state index in [-0.39, 0.29) is 24.8 Å². The maximum atomic E-state index is 12.8. The Morgan fingerprint density at radius 2 is 2.04 bits per heavy atom. The summed E-state index contributed by atoms with van der Waals surface area (Å²) in [5.41, 5.74) is -1.24. The maximum Gasteiger partial charge on any atom is 0.416 e. The normalized spacial score (nSPS) is 22.5. The molecule has 0 aromatic heterocycles. The van der Waals surface area contributed by atoms with Gasteiger partial charge in [-0.15, -0.1) is 0 Å². The Bertz CT molecular complexity index is 644. The number of hydrogen-bond donors (Lipinski definition) is 1. The molecule has 4 nitrogen and oxygen atoms in total. The van der Waals surface area contributed by atoms with E-state index in [1.54, 1.807) is 19.9 Å². The van der Waals surface area contributed by atoms with Gasteiger partial charge in [0.25, 0.3) is 0 Å². The summed E-state index contributed by atoms with van der Waals surface area (Å²) in [6.07, 6.45) is -3.99. The van der Waals surface area contributed by atoms with Crippen LogP contribution in [0.4, 0.5) is 13.2 Å². The van der Waals surface area contributed by atoms with Gasteiger partial charge in [-0.3, -0.25) is 9.59 Å². The molecule has 0 saturated carbocycles. The van der Waals surface area contributed by atoms with Crippen LogP contribution in [0.15, 0.2) is 24.3 Å². The maximum absolute atomic E-state index is 12.8. The molecule has 1 N–H and O–H groups in total. The minimum atomic E-state index is -4.42. The minimum Gasteiger partial charge on any atom is -0.481 e. The van der Waals surface area contributed by atoms with Gasteiger partial charge in [0.2, 0.25) is 5.91 Å². The van der Waals surface area contributed by atoms with Crippen molar-refractivity contribution >= 4 is 11.9 Å². The van der Waals surface area contributed by atoms with Gasteiger partial charge < -0.3 is 10.0 Å². The van der Waals surface area contributed by atoms with E-state index in [1.807, 2.05) is 0 Å². The lowest BCUT2D eigenvalue weighted by molar-refractivity contribution is -0.147. The lowest BCUT2D eigenvalue weighted by Gasteiger charge is -2.22. The Morgan fingerprint density at radius 1 is 1.38 bits per heavy atom. The second-order valence-corrected chi connectivity index (χ2v) is 6.66. The molecule has 7 heteroatoms.